The molecular weight excluding hydrogens is 246 g/mol. The van der Waals surface area contributed by atoms with Gasteiger partial charge in [-0.3, -0.25) is 9.55 Å². The van der Waals surface area contributed by atoms with Gasteiger partial charge in [0.15, 0.2) is 0 Å². The van der Waals surface area contributed by atoms with E-state index in [0.717, 1.165) is 10.3 Å². The highest BCUT2D eigenvalue weighted by Crippen LogP contribution is 2.23. The molecule has 0 saturated heterocycles. The second-order valence-electron chi connectivity index (χ2n) is 2.61. The van der Waals surface area contributed by atoms with E-state index < -0.39 is 0 Å². The second-order valence-corrected chi connectivity index (χ2v) is 3.42. The molecule has 0 radical (unpaired) electrons. The van der Waals surface area contributed by atoms with E-state index in [4.69, 9.17) is 4.74 Å². The quantitative estimate of drug-likeness (QED) is 0.823. The molecule has 0 unspecified atom stereocenters. The molecule has 4 nitrogen and oxygen atoms in total. The second kappa shape index (κ2) is 3.79. The molecule has 2 aromatic rings. The molecule has 0 aliphatic heterocycles. The summed E-state index contributed by atoms with van der Waals surface area (Å²) in [6, 6.07) is 4.31. The number of halogens is 1. The Labute approximate surface area is 89.7 Å². The highest BCUT2D eigenvalue weighted by Gasteiger charge is 2.09. The molecule has 2 heterocycles. The highest BCUT2D eigenvalue weighted by atomic mass is 79.9. The maximum Gasteiger partial charge on any atom is 0.301 e. The minimum absolute atomic E-state index is 0.545. The van der Waals surface area contributed by atoms with Gasteiger partial charge in [0.25, 0.3) is 0 Å². The standard InChI is InChI=1S/C9H8BrN3O/c1-14-9-12-6-8(10)13(9)7-2-4-11-5-3-7/h2-6H,1H3. The van der Waals surface area contributed by atoms with Crippen molar-refractivity contribution in [2.24, 2.45) is 0 Å². The molecule has 0 aliphatic carbocycles. The van der Waals surface area contributed by atoms with Crippen molar-refractivity contribution >= 4 is 15.9 Å². The van der Waals surface area contributed by atoms with Crippen LogP contribution in [0.3, 0.4) is 0 Å². The van der Waals surface area contributed by atoms with Gasteiger partial charge in [0, 0.05) is 12.4 Å². The van der Waals surface area contributed by atoms with E-state index in [2.05, 4.69) is 25.9 Å². The van der Waals surface area contributed by atoms with Crippen LogP contribution < -0.4 is 4.74 Å². The molecule has 2 rings (SSSR count). The van der Waals surface area contributed by atoms with Crippen molar-refractivity contribution in [3.05, 3.63) is 35.3 Å². The van der Waals surface area contributed by atoms with Crippen molar-refractivity contribution < 1.29 is 4.74 Å². The lowest BCUT2D eigenvalue weighted by Gasteiger charge is -2.06. The maximum absolute atomic E-state index is 5.12. The zero-order valence-corrected chi connectivity index (χ0v) is 9.10. The third kappa shape index (κ3) is 1.50. The molecule has 0 aliphatic rings. The molecule has 0 amide bonds. The fourth-order valence-corrected chi connectivity index (χ4v) is 1.65. The van der Waals surface area contributed by atoms with E-state index in [1.165, 1.54) is 0 Å². The summed E-state index contributed by atoms with van der Waals surface area (Å²) in [5.41, 5.74) is 0.959. The molecule has 72 valence electrons. The number of aromatic nitrogens is 3. The van der Waals surface area contributed by atoms with Crippen molar-refractivity contribution in [3.63, 3.8) is 0 Å². The van der Waals surface area contributed by atoms with Crippen molar-refractivity contribution in [3.8, 4) is 11.7 Å². The number of imidazole rings is 1. The number of ether oxygens (including phenoxy) is 1. The first-order valence-corrected chi connectivity index (χ1v) is 4.80. The van der Waals surface area contributed by atoms with Crippen LogP contribution in [0.4, 0.5) is 0 Å². The van der Waals surface area contributed by atoms with Crippen molar-refractivity contribution in [1.29, 1.82) is 0 Å². The zero-order chi connectivity index (χ0) is 9.97. The number of pyridine rings is 1. The van der Waals surface area contributed by atoms with Crippen LogP contribution in [-0.4, -0.2) is 21.6 Å². The summed E-state index contributed by atoms with van der Waals surface area (Å²) in [6.45, 7) is 0. The summed E-state index contributed by atoms with van der Waals surface area (Å²) >= 11 is 3.39. The Morgan fingerprint density at radius 2 is 2.07 bits per heavy atom. The van der Waals surface area contributed by atoms with Crippen molar-refractivity contribution in [1.82, 2.24) is 14.5 Å². The fraction of sp³-hybridized carbons (Fsp3) is 0.111. The lowest BCUT2D eigenvalue weighted by Crippen LogP contribution is -1.98. The van der Waals surface area contributed by atoms with Crippen LogP contribution in [0.5, 0.6) is 6.01 Å². The maximum atomic E-state index is 5.12. The lowest BCUT2D eigenvalue weighted by molar-refractivity contribution is 0.373. The van der Waals surface area contributed by atoms with Gasteiger partial charge in [0.1, 0.15) is 4.60 Å². The van der Waals surface area contributed by atoms with Crippen LogP contribution in [0.25, 0.3) is 5.69 Å². The van der Waals surface area contributed by atoms with Gasteiger partial charge >= 0.3 is 6.01 Å². The zero-order valence-electron chi connectivity index (χ0n) is 7.51. The lowest BCUT2D eigenvalue weighted by atomic mass is 10.4. The predicted octanol–water partition coefficient (Wildman–Crippen LogP) is 2.04. The van der Waals surface area contributed by atoms with Gasteiger partial charge in [0.05, 0.1) is 19.0 Å². The van der Waals surface area contributed by atoms with Gasteiger partial charge in [-0.15, -0.1) is 0 Å². The molecule has 14 heavy (non-hydrogen) atoms. The first kappa shape index (κ1) is 9.21. The Morgan fingerprint density at radius 1 is 1.36 bits per heavy atom. The Bertz CT molecular complexity index is 427. The Balaban J connectivity index is 2.55. The summed E-state index contributed by atoms with van der Waals surface area (Å²) in [5, 5.41) is 0. The summed E-state index contributed by atoms with van der Waals surface area (Å²) in [7, 11) is 1.59. The van der Waals surface area contributed by atoms with Crippen LogP contribution in [0.15, 0.2) is 35.3 Å². The topological polar surface area (TPSA) is 39.9 Å². The summed E-state index contributed by atoms with van der Waals surface area (Å²) in [5.74, 6) is 0. The first-order valence-electron chi connectivity index (χ1n) is 4.00. The number of rotatable bonds is 2. The number of nitrogens with zero attached hydrogens (tertiary/aromatic N) is 3. The van der Waals surface area contributed by atoms with Crippen LogP contribution in [0, 0.1) is 0 Å². The first-order chi connectivity index (χ1) is 6.83. The Morgan fingerprint density at radius 3 is 2.71 bits per heavy atom. The van der Waals surface area contributed by atoms with Gasteiger partial charge in [-0.1, -0.05) is 0 Å². The van der Waals surface area contributed by atoms with Gasteiger partial charge in [0.2, 0.25) is 0 Å². The van der Waals surface area contributed by atoms with E-state index in [-0.39, 0.29) is 0 Å². The number of hydrogen-bond donors (Lipinski definition) is 0. The van der Waals surface area contributed by atoms with Gasteiger partial charge in [-0.25, -0.2) is 4.98 Å². The van der Waals surface area contributed by atoms with Gasteiger partial charge in [-0.05, 0) is 28.1 Å². The largest absolute Gasteiger partial charge is 0.468 e. The molecule has 0 saturated carbocycles. The normalized spacial score (nSPS) is 10.1. The molecule has 0 N–H and O–H groups in total. The van der Waals surface area contributed by atoms with E-state index in [0.29, 0.717) is 6.01 Å². The molecule has 5 heteroatoms. The average Bonchev–Trinajstić information content (AvgIpc) is 2.61. The van der Waals surface area contributed by atoms with E-state index in [1.54, 1.807) is 25.7 Å². The minimum Gasteiger partial charge on any atom is -0.468 e. The summed E-state index contributed by atoms with van der Waals surface area (Å²) in [4.78, 5) is 8.03. The molecule has 0 bridgehead atoms. The molecule has 2 aromatic heterocycles. The third-order valence-electron chi connectivity index (χ3n) is 1.79. The van der Waals surface area contributed by atoms with E-state index in [1.807, 2.05) is 16.7 Å². The molecule has 0 spiro atoms. The van der Waals surface area contributed by atoms with Crippen molar-refractivity contribution in [2.45, 2.75) is 0 Å². The summed E-state index contributed by atoms with van der Waals surface area (Å²) in [6.07, 6.45) is 5.14. The SMILES string of the molecule is COc1ncc(Br)n1-c1ccncc1. The van der Waals surface area contributed by atoms with Crippen molar-refractivity contribution in [2.75, 3.05) is 7.11 Å². The average molecular weight is 254 g/mol. The van der Waals surface area contributed by atoms with Crippen LogP contribution in [-0.2, 0) is 0 Å². The fourth-order valence-electron chi connectivity index (χ4n) is 1.19. The van der Waals surface area contributed by atoms with Gasteiger partial charge in [-0.2, -0.15) is 0 Å². The Hall–Kier alpha value is -1.36. The van der Waals surface area contributed by atoms with Crippen LogP contribution in [0.2, 0.25) is 0 Å². The smallest absolute Gasteiger partial charge is 0.301 e. The summed E-state index contributed by atoms with van der Waals surface area (Å²) < 4.78 is 7.82. The molecule has 0 atom stereocenters. The van der Waals surface area contributed by atoms with Crippen LogP contribution in [0.1, 0.15) is 0 Å². The predicted molar refractivity (Wildman–Crippen MR) is 55.6 cm³/mol. The Kier molecular flexibility index (Phi) is 2.49. The van der Waals surface area contributed by atoms with E-state index >= 15 is 0 Å². The number of methoxy groups -OCH3 is 1. The van der Waals surface area contributed by atoms with Gasteiger partial charge < -0.3 is 4.74 Å². The highest BCUT2D eigenvalue weighted by molar-refractivity contribution is 9.10. The van der Waals surface area contributed by atoms with E-state index in [9.17, 15) is 0 Å². The minimum atomic E-state index is 0.545. The third-order valence-corrected chi connectivity index (χ3v) is 2.35. The molecule has 0 fully saturated rings. The van der Waals surface area contributed by atoms with Crippen LogP contribution >= 0.6 is 15.9 Å². The monoisotopic (exact) mass is 253 g/mol. The number of hydrogen-bond acceptors (Lipinski definition) is 3. The molecular formula is C9H8BrN3O. The molecule has 0 aromatic carbocycles.